The lowest BCUT2D eigenvalue weighted by Gasteiger charge is -2.21. The summed E-state index contributed by atoms with van der Waals surface area (Å²) in [6.45, 7) is 2.13. The van der Waals surface area contributed by atoms with Crippen LogP contribution in [0.25, 0.3) is 0 Å². The summed E-state index contributed by atoms with van der Waals surface area (Å²) in [4.78, 5) is 12.2. The van der Waals surface area contributed by atoms with Gasteiger partial charge in [0.15, 0.2) is 0 Å². The van der Waals surface area contributed by atoms with Crippen LogP contribution in [0, 0.1) is 17.8 Å². The van der Waals surface area contributed by atoms with E-state index in [0.717, 1.165) is 30.4 Å². The summed E-state index contributed by atoms with van der Waals surface area (Å²) in [6.07, 6.45) is 7.11. The molecule has 1 N–H and O–H groups in total. The van der Waals surface area contributed by atoms with Crippen LogP contribution in [0.2, 0.25) is 0 Å². The minimum Gasteiger partial charge on any atom is -0.326 e. The summed E-state index contributed by atoms with van der Waals surface area (Å²) in [5.41, 5.74) is 2.22. The van der Waals surface area contributed by atoms with Crippen LogP contribution >= 0.6 is 0 Å². The minimum atomic E-state index is 0.207. The van der Waals surface area contributed by atoms with Crippen molar-refractivity contribution in [2.75, 3.05) is 5.32 Å². The molecule has 0 spiro atoms. The average Bonchev–Trinajstić information content (AvgIpc) is 3.01. The topological polar surface area (TPSA) is 29.1 Å². The molecule has 2 bridgehead atoms. The Bertz CT molecular complexity index is 468. The van der Waals surface area contributed by atoms with E-state index in [4.69, 9.17) is 0 Å². The molecule has 1 amide bonds. The molecule has 0 aromatic heterocycles. The molecule has 1 aromatic carbocycles. The number of nitrogens with one attached hydrogen (secondary N) is 1. The van der Waals surface area contributed by atoms with E-state index in [1.807, 2.05) is 18.2 Å². The zero-order valence-electron chi connectivity index (χ0n) is 11.7. The Kier molecular flexibility index (Phi) is 3.58. The summed E-state index contributed by atoms with van der Waals surface area (Å²) in [6, 6.07) is 8.13. The molecule has 0 aliphatic heterocycles. The number of fused-ring (bicyclic) bond motifs is 2. The zero-order chi connectivity index (χ0) is 13.2. The number of carbonyl (C=O) groups is 1. The van der Waals surface area contributed by atoms with Crippen molar-refractivity contribution < 1.29 is 4.79 Å². The summed E-state index contributed by atoms with van der Waals surface area (Å²) in [5, 5.41) is 3.11. The Balaban J connectivity index is 1.59. The Morgan fingerprint density at radius 1 is 1.26 bits per heavy atom. The molecule has 2 aliphatic carbocycles. The first-order chi connectivity index (χ1) is 9.26. The molecule has 2 saturated carbocycles. The summed E-state index contributed by atoms with van der Waals surface area (Å²) < 4.78 is 0. The van der Waals surface area contributed by atoms with Crippen LogP contribution in [0.4, 0.5) is 5.69 Å². The van der Waals surface area contributed by atoms with Gasteiger partial charge in [0.25, 0.3) is 0 Å². The molecule has 3 unspecified atom stereocenters. The number of para-hydroxylation sites is 1. The first kappa shape index (κ1) is 12.7. The Morgan fingerprint density at radius 3 is 2.79 bits per heavy atom. The Labute approximate surface area is 115 Å². The van der Waals surface area contributed by atoms with Gasteiger partial charge in [-0.1, -0.05) is 31.5 Å². The fraction of sp³-hybridized carbons (Fsp3) is 0.588. The summed E-state index contributed by atoms with van der Waals surface area (Å²) in [5.74, 6) is 2.61. The quantitative estimate of drug-likeness (QED) is 0.867. The lowest BCUT2D eigenvalue weighted by atomic mass is 9.86. The Hall–Kier alpha value is -1.31. The van der Waals surface area contributed by atoms with E-state index in [-0.39, 0.29) is 5.91 Å². The number of rotatable bonds is 4. The lowest BCUT2D eigenvalue weighted by Crippen LogP contribution is -2.20. The molecular formula is C17H23NO. The van der Waals surface area contributed by atoms with Crippen LogP contribution in [0.3, 0.4) is 0 Å². The molecular weight excluding hydrogens is 234 g/mol. The highest BCUT2D eigenvalue weighted by atomic mass is 16.1. The number of hydrogen-bond acceptors (Lipinski definition) is 1. The molecule has 2 heteroatoms. The molecule has 102 valence electrons. The van der Waals surface area contributed by atoms with Crippen molar-refractivity contribution in [2.24, 2.45) is 17.8 Å². The molecule has 19 heavy (non-hydrogen) atoms. The smallest absolute Gasteiger partial charge is 0.224 e. The van der Waals surface area contributed by atoms with Crippen molar-refractivity contribution in [1.29, 1.82) is 0 Å². The minimum absolute atomic E-state index is 0.207. The number of carbonyl (C=O) groups excluding carboxylic acids is 1. The van der Waals surface area contributed by atoms with Crippen LogP contribution < -0.4 is 5.32 Å². The summed E-state index contributed by atoms with van der Waals surface area (Å²) in [7, 11) is 0. The van der Waals surface area contributed by atoms with Gasteiger partial charge in [-0.25, -0.2) is 0 Å². The van der Waals surface area contributed by atoms with Crippen molar-refractivity contribution in [3.05, 3.63) is 29.8 Å². The predicted molar refractivity (Wildman–Crippen MR) is 78.0 cm³/mol. The van der Waals surface area contributed by atoms with Crippen LogP contribution in [-0.4, -0.2) is 5.91 Å². The molecule has 2 nitrogen and oxygen atoms in total. The first-order valence-corrected chi connectivity index (χ1v) is 7.64. The SMILES string of the molecule is CCc1ccccc1NC(=O)CC1CC2CCC1C2. The van der Waals surface area contributed by atoms with Gasteiger partial charge in [-0.3, -0.25) is 4.79 Å². The molecule has 3 atom stereocenters. The van der Waals surface area contributed by atoms with Gasteiger partial charge in [0, 0.05) is 12.1 Å². The van der Waals surface area contributed by atoms with E-state index in [1.165, 1.54) is 31.2 Å². The van der Waals surface area contributed by atoms with Crippen molar-refractivity contribution in [3.8, 4) is 0 Å². The first-order valence-electron chi connectivity index (χ1n) is 7.64. The van der Waals surface area contributed by atoms with Crippen LogP contribution in [0.15, 0.2) is 24.3 Å². The highest BCUT2D eigenvalue weighted by Crippen LogP contribution is 2.49. The second-order valence-corrected chi connectivity index (χ2v) is 6.20. The monoisotopic (exact) mass is 257 g/mol. The second-order valence-electron chi connectivity index (χ2n) is 6.20. The largest absolute Gasteiger partial charge is 0.326 e. The van der Waals surface area contributed by atoms with Gasteiger partial charge >= 0.3 is 0 Å². The maximum atomic E-state index is 12.2. The predicted octanol–water partition coefficient (Wildman–Crippen LogP) is 4.01. The molecule has 1 aromatic rings. The third-order valence-electron chi connectivity index (χ3n) is 5.00. The van der Waals surface area contributed by atoms with E-state index < -0.39 is 0 Å². The highest BCUT2D eigenvalue weighted by Gasteiger charge is 2.40. The van der Waals surface area contributed by atoms with Gasteiger partial charge in [0.05, 0.1) is 0 Å². The number of aryl methyl sites for hydroxylation is 1. The third-order valence-corrected chi connectivity index (χ3v) is 5.00. The average molecular weight is 257 g/mol. The van der Waals surface area contributed by atoms with Crippen LogP contribution in [-0.2, 0) is 11.2 Å². The molecule has 3 rings (SSSR count). The van der Waals surface area contributed by atoms with Gasteiger partial charge in [0.2, 0.25) is 5.91 Å². The van der Waals surface area contributed by atoms with Crippen molar-refractivity contribution in [1.82, 2.24) is 0 Å². The van der Waals surface area contributed by atoms with Gasteiger partial charge in [0.1, 0.15) is 0 Å². The highest BCUT2D eigenvalue weighted by molar-refractivity contribution is 5.91. The number of hydrogen-bond donors (Lipinski definition) is 1. The molecule has 0 saturated heterocycles. The van der Waals surface area contributed by atoms with Gasteiger partial charge in [-0.2, -0.15) is 0 Å². The van der Waals surface area contributed by atoms with Crippen molar-refractivity contribution >= 4 is 11.6 Å². The standard InChI is InChI=1S/C17H23NO/c1-2-13-5-3-4-6-16(13)18-17(19)11-15-10-12-7-8-14(15)9-12/h3-6,12,14-15H,2,7-11H2,1H3,(H,18,19). The van der Waals surface area contributed by atoms with Crippen LogP contribution in [0.1, 0.15) is 44.6 Å². The molecule has 0 heterocycles. The molecule has 2 fully saturated rings. The molecule has 2 aliphatic rings. The summed E-state index contributed by atoms with van der Waals surface area (Å²) >= 11 is 0. The zero-order valence-corrected chi connectivity index (χ0v) is 11.7. The third kappa shape index (κ3) is 2.68. The maximum Gasteiger partial charge on any atom is 0.224 e. The number of amides is 1. The van der Waals surface area contributed by atoms with Crippen molar-refractivity contribution in [3.63, 3.8) is 0 Å². The molecule has 0 radical (unpaired) electrons. The Morgan fingerprint density at radius 2 is 2.11 bits per heavy atom. The second kappa shape index (κ2) is 5.36. The van der Waals surface area contributed by atoms with E-state index in [0.29, 0.717) is 5.92 Å². The van der Waals surface area contributed by atoms with E-state index in [2.05, 4.69) is 18.3 Å². The van der Waals surface area contributed by atoms with Gasteiger partial charge in [-0.05, 0) is 55.1 Å². The van der Waals surface area contributed by atoms with E-state index in [1.54, 1.807) is 0 Å². The number of benzene rings is 1. The fourth-order valence-electron chi connectivity index (χ4n) is 4.02. The van der Waals surface area contributed by atoms with E-state index >= 15 is 0 Å². The van der Waals surface area contributed by atoms with Crippen LogP contribution in [0.5, 0.6) is 0 Å². The lowest BCUT2D eigenvalue weighted by molar-refractivity contribution is -0.117. The van der Waals surface area contributed by atoms with Crippen molar-refractivity contribution in [2.45, 2.75) is 45.4 Å². The maximum absolute atomic E-state index is 12.2. The fourth-order valence-corrected chi connectivity index (χ4v) is 4.02. The van der Waals surface area contributed by atoms with Gasteiger partial charge < -0.3 is 5.32 Å². The van der Waals surface area contributed by atoms with Gasteiger partial charge in [-0.15, -0.1) is 0 Å². The van der Waals surface area contributed by atoms with E-state index in [9.17, 15) is 4.79 Å². The number of anilines is 1. The normalized spacial score (nSPS) is 28.6.